The van der Waals surface area contributed by atoms with E-state index in [-0.39, 0.29) is 18.2 Å². The van der Waals surface area contributed by atoms with E-state index in [9.17, 15) is 9.90 Å². The highest BCUT2D eigenvalue weighted by Gasteiger charge is 2.34. The Morgan fingerprint density at radius 2 is 1.87 bits per heavy atom. The average molecular weight is 614 g/mol. The maximum atomic E-state index is 15.3. The van der Waals surface area contributed by atoms with E-state index in [0.29, 0.717) is 29.6 Å². The zero-order valence-electron chi connectivity index (χ0n) is 26.8. The summed E-state index contributed by atoms with van der Waals surface area (Å²) in [4.78, 5) is 11.5. The first kappa shape index (κ1) is 32.2. The number of carboxylic acids is 1. The predicted molar refractivity (Wildman–Crippen MR) is 173 cm³/mol. The summed E-state index contributed by atoms with van der Waals surface area (Å²) in [6.07, 6.45) is 9.74. The zero-order chi connectivity index (χ0) is 32.0. The van der Waals surface area contributed by atoms with Crippen molar-refractivity contribution < 1.29 is 23.8 Å². The molecule has 0 bridgehead atoms. The number of nitrogens with zero attached hydrogens (tertiary/aromatic N) is 3. The molecule has 0 radical (unpaired) electrons. The smallest absolute Gasteiger partial charge is 0.303 e. The summed E-state index contributed by atoms with van der Waals surface area (Å²) >= 11 is 0. The molecular formula is C37H44FN3O4. The molecule has 3 aromatic carbocycles. The first-order chi connectivity index (χ1) is 21.7. The van der Waals surface area contributed by atoms with E-state index in [1.165, 1.54) is 18.9 Å². The number of carbonyl (C=O) groups is 1. The van der Waals surface area contributed by atoms with Crippen molar-refractivity contribution in [1.82, 2.24) is 15.0 Å². The van der Waals surface area contributed by atoms with Gasteiger partial charge in [-0.2, -0.15) is 0 Å². The third-order valence-corrected chi connectivity index (χ3v) is 8.88. The largest absolute Gasteiger partial charge is 0.497 e. The Hall–Kier alpha value is -4.20. The molecule has 8 heteroatoms. The summed E-state index contributed by atoms with van der Waals surface area (Å²) in [5.41, 5.74) is 4.26. The van der Waals surface area contributed by atoms with E-state index < -0.39 is 11.5 Å². The standard InChI is InChI=1S/C37H44FN3O4/c1-5-6-7-8-11-28-23-41(40-39-28)37(2,3)34-19-25(13-17-31(34)33-21-29(44-4)16-18-35(33)38)24-45-30-12-9-10-27(20-30)32(22-36(42)43)26-14-15-26/h9-10,12-13,16-21,23,26,32H,5-8,11,14-15,22,24H2,1-4H3,(H,42,43). The van der Waals surface area contributed by atoms with Crippen molar-refractivity contribution >= 4 is 5.97 Å². The van der Waals surface area contributed by atoms with Gasteiger partial charge in [0.1, 0.15) is 23.9 Å². The minimum atomic E-state index is -0.781. The fourth-order valence-corrected chi connectivity index (χ4v) is 6.05. The maximum Gasteiger partial charge on any atom is 0.303 e. The molecule has 1 atom stereocenters. The average Bonchev–Trinajstić information content (AvgIpc) is 3.77. The van der Waals surface area contributed by atoms with Crippen LogP contribution in [0.4, 0.5) is 4.39 Å². The fourth-order valence-electron chi connectivity index (χ4n) is 6.05. The van der Waals surface area contributed by atoms with Crippen LogP contribution in [0.5, 0.6) is 11.5 Å². The number of carboxylic acid groups (broad SMARTS) is 1. The number of hydrogen-bond donors (Lipinski definition) is 1. The van der Waals surface area contributed by atoms with Crippen molar-refractivity contribution in [3.63, 3.8) is 0 Å². The van der Waals surface area contributed by atoms with Gasteiger partial charge in [-0.1, -0.05) is 55.7 Å². The predicted octanol–water partition coefficient (Wildman–Crippen LogP) is 8.55. The Bertz CT molecular complexity index is 1610. The Morgan fingerprint density at radius 3 is 2.60 bits per heavy atom. The minimum Gasteiger partial charge on any atom is -0.497 e. The van der Waals surface area contributed by atoms with Gasteiger partial charge in [-0.15, -0.1) is 5.10 Å². The van der Waals surface area contributed by atoms with Gasteiger partial charge in [0.25, 0.3) is 0 Å². The van der Waals surface area contributed by atoms with E-state index in [1.807, 2.05) is 47.3 Å². The van der Waals surface area contributed by atoms with Gasteiger partial charge in [0, 0.05) is 11.8 Å². The van der Waals surface area contributed by atoms with Gasteiger partial charge in [0.05, 0.1) is 24.8 Å². The third-order valence-electron chi connectivity index (χ3n) is 8.88. The van der Waals surface area contributed by atoms with Gasteiger partial charge in [-0.05, 0) is 110 Å². The molecule has 1 unspecified atom stereocenters. The highest BCUT2D eigenvalue weighted by molar-refractivity contribution is 5.71. The lowest BCUT2D eigenvalue weighted by atomic mass is 9.85. The molecule has 7 nitrogen and oxygen atoms in total. The van der Waals surface area contributed by atoms with Crippen molar-refractivity contribution in [2.45, 2.75) is 90.2 Å². The van der Waals surface area contributed by atoms with Crippen LogP contribution < -0.4 is 9.47 Å². The van der Waals surface area contributed by atoms with Gasteiger partial charge in [0.2, 0.25) is 0 Å². The number of hydrogen-bond acceptors (Lipinski definition) is 5. The Kier molecular flexibility index (Phi) is 10.2. The molecule has 4 aromatic rings. The van der Waals surface area contributed by atoms with Crippen LogP contribution in [-0.4, -0.2) is 33.2 Å². The fraction of sp³-hybridized carbons (Fsp3) is 0.432. The molecular weight excluding hydrogens is 569 g/mol. The van der Waals surface area contributed by atoms with Crippen LogP contribution in [0.15, 0.2) is 66.9 Å². The van der Waals surface area contributed by atoms with Crippen LogP contribution >= 0.6 is 0 Å². The van der Waals surface area contributed by atoms with Crippen LogP contribution in [0.25, 0.3) is 11.1 Å². The molecule has 5 rings (SSSR count). The minimum absolute atomic E-state index is 0.00490. The van der Waals surface area contributed by atoms with Crippen LogP contribution in [0.3, 0.4) is 0 Å². The molecule has 0 aliphatic heterocycles. The summed E-state index contributed by atoms with van der Waals surface area (Å²) in [5.74, 6) is 0.558. The van der Waals surface area contributed by atoms with Crippen LogP contribution in [0, 0.1) is 11.7 Å². The number of methoxy groups -OCH3 is 1. The lowest BCUT2D eigenvalue weighted by Gasteiger charge is -2.29. The summed E-state index contributed by atoms with van der Waals surface area (Å²) in [6, 6.07) is 18.5. The third kappa shape index (κ3) is 7.91. The molecule has 1 saturated carbocycles. The van der Waals surface area contributed by atoms with Crippen molar-refractivity contribution in [3.8, 4) is 22.6 Å². The summed E-state index contributed by atoms with van der Waals surface area (Å²) in [5, 5.41) is 18.4. The zero-order valence-corrected chi connectivity index (χ0v) is 26.8. The van der Waals surface area contributed by atoms with Crippen molar-refractivity contribution in [3.05, 3.63) is 95.1 Å². The second-order valence-electron chi connectivity index (χ2n) is 12.7. The molecule has 1 heterocycles. The molecule has 1 fully saturated rings. The quantitative estimate of drug-likeness (QED) is 0.127. The van der Waals surface area contributed by atoms with Crippen LogP contribution in [0.1, 0.15) is 94.0 Å². The van der Waals surface area contributed by atoms with E-state index in [1.54, 1.807) is 19.2 Å². The van der Waals surface area contributed by atoms with Crippen molar-refractivity contribution in [1.29, 1.82) is 0 Å². The van der Waals surface area contributed by atoms with Gasteiger partial charge in [-0.25, -0.2) is 9.07 Å². The number of ether oxygens (including phenoxy) is 2. The summed E-state index contributed by atoms with van der Waals surface area (Å²) in [6.45, 7) is 6.62. The van der Waals surface area contributed by atoms with E-state index >= 15 is 4.39 Å². The first-order valence-corrected chi connectivity index (χ1v) is 16.0. The number of unbranched alkanes of at least 4 members (excludes halogenated alkanes) is 3. The highest BCUT2D eigenvalue weighted by atomic mass is 19.1. The monoisotopic (exact) mass is 613 g/mol. The molecule has 0 spiro atoms. The molecule has 0 saturated heterocycles. The van der Waals surface area contributed by atoms with E-state index in [2.05, 4.69) is 37.1 Å². The topological polar surface area (TPSA) is 86.5 Å². The lowest BCUT2D eigenvalue weighted by Crippen LogP contribution is -2.29. The number of rotatable bonds is 16. The number of aliphatic carboxylic acids is 1. The summed E-state index contributed by atoms with van der Waals surface area (Å²) in [7, 11) is 1.57. The molecule has 238 valence electrons. The Morgan fingerprint density at radius 1 is 1.04 bits per heavy atom. The molecule has 0 amide bonds. The van der Waals surface area contributed by atoms with E-state index in [4.69, 9.17) is 9.47 Å². The van der Waals surface area contributed by atoms with Crippen LogP contribution in [-0.2, 0) is 23.4 Å². The van der Waals surface area contributed by atoms with Crippen molar-refractivity contribution in [2.24, 2.45) is 5.92 Å². The number of aromatic nitrogens is 3. The second kappa shape index (κ2) is 14.3. The molecule has 1 aliphatic carbocycles. The Balaban J connectivity index is 1.44. The van der Waals surface area contributed by atoms with Gasteiger partial charge in [0.15, 0.2) is 0 Å². The number of aryl methyl sites for hydroxylation is 1. The maximum absolute atomic E-state index is 15.3. The van der Waals surface area contributed by atoms with Crippen molar-refractivity contribution in [2.75, 3.05) is 7.11 Å². The van der Waals surface area contributed by atoms with Gasteiger partial charge >= 0.3 is 5.97 Å². The normalized spacial score (nSPS) is 13.9. The highest BCUT2D eigenvalue weighted by Crippen LogP contribution is 2.45. The SMILES string of the molecule is CCCCCCc1cn(C(C)(C)c2cc(COc3cccc(C(CC(=O)O)C4CC4)c3)ccc2-c2cc(OC)ccc2F)nn1. The van der Waals surface area contributed by atoms with Crippen LogP contribution in [0.2, 0.25) is 0 Å². The summed E-state index contributed by atoms with van der Waals surface area (Å²) < 4.78 is 28.9. The number of halogens is 1. The lowest BCUT2D eigenvalue weighted by molar-refractivity contribution is -0.137. The van der Waals surface area contributed by atoms with Gasteiger partial charge < -0.3 is 14.6 Å². The number of benzene rings is 3. The molecule has 1 aromatic heterocycles. The molecule has 45 heavy (non-hydrogen) atoms. The first-order valence-electron chi connectivity index (χ1n) is 16.0. The Labute approximate surface area is 265 Å². The molecule has 1 N–H and O–H groups in total. The van der Waals surface area contributed by atoms with E-state index in [0.717, 1.165) is 60.1 Å². The van der Waals surface area contributed by atoms with Gasteiger partial charge in [-0.3, -0.25) is 4.79 Å². The second-order valence-corrected chi connectivity index (χ2v) is 12.7. The molecule has 1 aliphatic rings.